The molecule has 0 aromatic heterocycles. The van der Waals surface area contributed by atoms with Gasteiger partial charge >= 0.3 is 0 Å². The van der Waals surface area contributed by atoms with Crippen LogP contribution in [-0.4, -0.2) is 6.61 Å². The Bertz CT molecular complexity index is 1090. The summed E-state index contributed by atoms with van der Waals surface area (Å²) in [7, 11) is 0. The van der Waals surface area contributed by atoms with Gasteiger partial charge in [-0.2, -0.15) is 0 Å². The second-order valence-corrected chi connectivity index (χ2v) is 10.2. The lowest BCUT2D eigenvalue weighted by Gasteiger charge is -2.28. The lowest BCUT2D eigenvalue weighted by atomic mass is 9.77. The first kappa shape index (κ1) is 26.5. The average molecular weight is 501 g/mol. The van der Waals surface area contributed by atoms with E-state index in [4.69, 9.17) is 4.74 Å². The monoisotopic (exact) mass is 500 g/mol. The van der Waals surface area contributed by atoms with E-state index in [9.17, 15) is 8.78 Å². The Labute approximate surface area is 212 Å². The van der Waals surface area contributed by atoms with Gasteiger partial charge in [-0.15, -0.1) is 0 Å². The Balaban J connectivity index is 1.40. The van der Waals surface area contributed by atoms with Crippen molar-refractivity contribution < 1.29 is 22.3 Å². The number of allylic oxidation sites excluding steroid dienone is 2. The highest BCUT2D eigenvalue weighted by Gasteiger charge is 2.27. The molecule has 0 saturated heterocycles. The van der Waals surface area contributed by atoms with E-state index < -0.39 is 23.3 Å². The van der Waals surface area contributed by atoms with Crippen molar-refractivity contribution in [1.29, 1.82) is 0 Å². The molecule has 0 heterocycles. The smallest absolute Gasteiger partial charge is 0.166 e. The van der Waals surface area contributed by atoms with Crippen LogP contribution in [0.2, 0.25) is 0 Å². The molecular formula is C31H36F4O. The van der Waals surface area contributed by atoms with E-state index >= 15 is 8.78 Å². The Morgan fingerprint density at radius 1 is 0.861 bits per heavy atom. The molecule has 36 heavy (non-hydrogen) atoms. The predicted octanol–water partition coefficient (Wildman–Crippen LogP) is 9.98. The molecule has 5 heteroatoms. The standard InChI is InChI=1S/C31H36F4O/c1-3-5-6-23-11-12-24(29(33)28(23)32)19-36-25-15-13-22(14-16-25)27-18-17-26(30(34)31(27)35)21-9-7-20(4-2)8-10-21/h12-18,20-21,23H,3-11,19H2,1-2H3. The molecule has 0 radical (unpaired) electrons. The van der Waals surface area contributed by atoms with Crippen molar-refractivity contribution >= 4 is 0 Å². The molecule has 0 N–H and O–H groups in total. The molecule has 1 unspecified atom stereocenters. The fourth-order valence-corrected chi connectivity index (χ4v) is 5.50. The highest BCUT2D eigenvalue weighted by atomic mass is 19.2. The van der Waals surface area contributed by atoms with Gasteiger partial charge in [0, 0.05) is 17.1 Å². The second kappa shape index (κ2) is 12.1. The summed E-state index contributed by atoms with van der Waals surface area (Å²) >= 11 is 0. The third-order valence-corrected chi connectivity index (χ3v) is 7.94. The molecule has 0 spiro atoms. The van der Waals surface area contributed by atoms with Crippen molar-refractivity contribution in [3.05, 3.63) is 76.9 Å². The lowest BCUT2D eigenvalue weighted by Crippen LogP contribution is -2.14. The van der Waals surface area contributed by atoms with Gasteiger partial charge in [0.2, 0.25) is 0 Å². The zero-order valence-electron chi connectivity index (χ0n) is 21.3. The maximum absolute atomic E-state index is 15.0. The molecule has 1 atom stereocenters. The Kier molecular flexibility index (Phi) is 8.92. The maximum atomic E-state index is 15.0. The van der Waals surface area contributed by atoms with Crippen LogP contribution in [-0.2, 0) is 0 Å². The van der Waals surface area contributed by atoms with Gasteiger partial charge in [0.15, 0.2) is 17.5 Å². The van der Waals surface area contributed by atoms with E-state index in [0.29, 0.717) is 35.6 Å². The summed E-state index contributed by atoms with van der Waals surface area (Å²) in [6, 6.07) is 9.96. The van der Waals surface area contributed by atoms with Crippen LogP contribution < -0.4 is 4.74 Å². The topological polar surface area (TPSA) is 9.23 Å². The zero-order chi connectivity index (χ0) is 25.7. The number of ether oxygens (including phenoxy) is 1. The van der Waals surface area contributed by atoms with Gasteiger partial charge in [-0.25, -0.2) is 17.6 Å². The number of unbranched alkanes of at least 4 members (excludes halogenated alkanes) is 1. The molecule has 1 nitrogen and oxygen atoms in total. The summed E-state index contributed by atoms with van der Waals surface area (Å²) in [4.78, 5) is 0. The normalized spacial score (nSPS) is 22.5. The minimum absolute atomic E-state index is 0.0717. The van der Waals surface area contributed by atoms with Crippen molar-refractivity contribution in [2.45, 2.75) is 77.6 Å². The van der Waals surface area contributed by atoms with E-state index in [1.54, 1.807) is 42.5 Å². The van der Waals surface area contributed by atoms with Crippen LogP contribution in [0.3, 0.4) is 0 Å². The molecule has 2 aromatic carbocycles. The molecular weight excluding hydrogens is 464 g/mol. The number of halogens is 4. The summed E-state index contributed by atoms with van der Waals surface area (Å²) in [5.41, 5.74) is 1.42. The van der Waals surface area contributed by atoms with Crippen LogP contribution in [0.5, 0.6) is 5.75 Å². The first-order valence-corrected chi connectivity index (χ1v) is 13.4. The fourth-order valence-electron chi connectivity index (χ4n) is 5.50. The zero-order valence-corrected chi connectivity index (χ0v) is 21.3. The van der Waals surface area contributed by atoms with E-state index in [0.717, 1.165) is 44.9 Å². The van der Waals surface area contributed by atoms with Gasteiger partial charge in [-0.3, -0.25) is 0 Å². The van der Waals surface area contributed by atoms with Crippen molar-refractivity contribution in [2.24, 2.45) is 11.8 Å². The molecule has 1 saturated carbocycles. The minimum Gasteiger partial charge on any atom is -0.489 e. The summed E-state index contributed by atoms with van der Waals surface area (Å²) in [6.07, 6.45) is 9.70. The third kappa shape index (κ3) is 5.87. The average Bonchev–Trinajstić information content (AvgIpc) is 2.91. The van der Waals surface area contributed by atoms with E-state index in [1.807, 2.05) is 6.92 Å². The van der Waals surface area contributed by atoms with Gasteiger partial charge in [0.1, 0.15) is 18.2 Å². The van der Waals surface area contributed by atoms with E-state index in [-0.39, 0.29) is 29.6 Å². The third-order valence-electron chi connectivity index (χ3n) is 7.94. The molecule has 1 fully saturated rings. The SMILES string of the molecule is CCCCC1CC=C(COc2ccc(-c3ccc(C4CCC(CC)CC4)c(F)c3F)cc2)C(F)=C1F. The van der Waals surface area contributed by atoms with Crippen LogP contribution in [0.4, 0.5) is 17.6 Å². The number of hydrogen-bond acceptors (Lipinski definition) is 1. The Morgan fingerprint density at radius 2 is 1.58 bits per heavy atom. The van der Waals surface area contributed by atoms with Gasteiger partial charge in [0.05, 0.1) is 0 Å². The van der Waals surface area contributed by atoms with Crippen LogP contribution in [0.1, 0.15) is 83.1 Å². The highest BCUT2D eigenvalue weighted by molar-refractivity contribution is 5.65. The predicted molar refractivity (Wildman–Crippen MR) is 137 cm³/mol. The number of benzene rings is 2. The molecule has 0 bridgehead atoms. The van der Waals surface area contributed by atoms with Crippen LogP contribution in [0, 0.1) is 23.5 Å². The molecule has 4 rings (SSSR count). The maximum Gasteiger partial charge on any atom is 0.166 e. The van der Waals surface area contributed by atoms with Crippen molar-refractivity contribution in [1.82, 2.24) is 0 Å². The van der Waals surface area contributed by atoms with Gasteiger partial charge in [-0.1, -0.05) is 63.5 Å². The fraction of sp³-hybridized carbons (Fsp3) is 0.484. The number of rotatable bonds is 9. The van der Waals surface area contributed by atoms with Crippen molar-refractivity contribution in [3.63, 3.8) is 0 Å². The van der Waals surface area contributed by atoms with Crippen molar-refractivity contribution in [2.75, 3.05) is 6.61 Å². The van der Waals surface area contributed by atoms with Crippen LogP contribution in [0.15, 0.2) is 59.7 Å². The first-order chi connectivity index (χ1) is 17.4. The number of hydrogen-bond donors (Lipinski definition) is 0. The van der Waals surface area contributed by atoms with Gasteiger partial charge in [0.25, 0.3) is 0 Å². The largest absolute Gasteiger partial charge is 0.489 e. The molecule has 0 amide bonds. The molecule has 0 aliphatic heterocycles. The lowest BCUT2D eigenvalue weighted by molar-refractivity contribution is 0.312. The summed E-state index contributed by atoms with van der Waals surface area (Å²) in [5.74, 6) is -2.25. The van der Waals surface area contributed by atoms with Crippen LogP contribution in [0.25, 0.3) is 11.1 Å². The summed E-state index contributed by atoms with van der Waals surface area (Å²) < 4.78 is 64.5. The van der Waals surface area contributed by atoms with Gasteiger partial charge in [-0.05, 0) is 73.6 Å². The summed E-state index contributed by atoms with van der Waals surface area (Å²) in [5, 5.41) is 0. The van der Waals surface area contributed by atoms with E-state index in [2.05, 4.69) is 6.92 Å². The van der Waals surface area contributed by atoms with E-state index in [1.165, 1.54) is 0 Å². The molecule has 194 valence electrons. The Hall–Kier alpha value is -2.56. The first-order valence-electron chi connectivity index (χ1n) is 13.4. The summed E-state index contributed by atoms with van der Waals surface area (Å²) in [6.45, 7) is 4.12. The van der Waals surface area contributed by atoms with Crippen LogP contribution >= 0.6 is 0 Å². The molecule has 2 aliphatic rings. The minimum atomic E-state index is -0.827. The highest BCUT2D eigenvalue weighted by Crippen LogP contribution is 2.40. The van der Waals surface area contributed by atoms with Gasteiger partial charge < -0.3 is 4.74 Å². The Morgan fingerprint density at radius 3 is 2.25 bits per heavy atom. The molecule has 2 aliphatic carbocycles. The molecule has 2 aromatic rings. The van der Waals surface area contributed by atoms with Crippen molar-refractivity contribution in [3.8, 4) is 16.9 Å². The quantitative estimate of drug-likeness (QED) is 0.311. The second-order valence-electron chi connectivity index (χ2n) is 10.2.